The lowest BCUT2D eigenvalue weighted by Gasteiger charge is -2.22. The maximum atomic E-state index is 14.8. The van der Waals surface area contributed by atoms with Crippen LogP contribution in [-0.2, 0) is 0 Å². The van der Waals surface area contributed by atoms with E-state index in [1.165, 1.54) is 59.2 Å². The van der Waals surface area contributed by atoms with E-state index in [-0.39, 0.29) is 11.3 Å². The number of carbonyl (C=O) groups is 1. The Kier molecular flexibility index (Phi) is 8.29. The van der Waals surface area contributed by atoms with Crippen LogP contribution in [-0.4, -0.2) is 44.6 Å². The summed E-state index contributed by atoms with van der Waals surface area (Å²) >= 11 is 1.46. The number of thioether (sulfide) groups is 1. The van der Waals surface area contributed by atoms with Gasteiger partial charge in [0.25, 0.3) is 0 Å². The smallest absolute Gasteiger partial charge is 0.406 e. The van der Waals surface area contributed by atoms with E-state index in [4.69, 9.17) is 0 Å². The molecule has 5 rings (SSSR count). The molecule has 3 aromatic carbocycles. The number of carbonyl (C=O) groups excluding carboxylic acids is 1. The van der Waals surface area contributed by atoms with E-state index in [1.807, 2.05) is 36.9 Å². The number of anilines is 1. The number of rotatable bonds is 6. The number of nitrogens with zero attached hydrogens (tertiary/aromatic N) is 5. The SMILES string of the molecule is Cc1cccc(C)c1N1CCS/C1=N\C(=O)N/C=C(\F)c1ccc(-c2ncn(-c3ccc(OC(F)(F)F)cc3)n2)cc1. The summed E-state index contributed by atoms with van der Waals surface area (Å²) in [5.74, 6) is 0.0958. The van der Waals surface area contributed by atoms with E-state index in [2.05, 4.69) is 25.1 Å². The van der Waals surface area contributed by atoms with Gasteiger partial charge in [0.15, 0.2) is 11.0 Å². The maximum absolute atomic E-state index is 14.8. The minimum Gasteiger partial charge on any atom is -0.406 e. The number of amides is 2. The van der Waals surface area contributed by atoms with Crippen molar-refractivity contribution >= 4 is 34.5 Å². The van der Waals surface area contributed by atoms with E-state index < -0.39 is 18.2 Å². The number of aliphatic imine (C=N–C) groups is 1. The zero-order valence-electron chi connectivity index (χ0n) is 22.4. The van der Waals surface area contributed by atoms with Crippen molar-refractivity contribution in [2.45, 2.75) is 20.2 Å². The first-order chi connectivity index (χ1) is 20.1. The molecule has 13 heteroatoms. The van der Waals surface area contributed by atoms with Crippen molar-refractivity contribution in [1.82, 2.24) is 20.1 Å². The van der Waals surface area contributed by atoms with Gasteiger partial charge in [-0.05, 0) is 49.2 Å². The van der Waals surface area contributed by atoms with Crippen LogP contribution in [0.15, 0.2) is 84.2 Å². The highest BCUT2D eigenvalue weighted by molar-refractivity contribution is 8.14. The number of nitrogens with one attached hydrogen (secondary N) is 1. The van der Waals surface area contributed by atoms with Gasteiger partial charge in [-0.2, -0.15) is 4.99 Å². The molecule has 1 N–H and O–H groups in total. The molecule has 1 aliphatic heterocycles. The third-order valence-electron chi connectivity index (χ3n) is 6.25. The number of aryl methyl sites for hydroxylation is 2. The molecule has 1 fully saturated rings. The number of para-hydroxylation sites is 1. The second-order valence-corrected chi connectivity index (χ2v) is 10.3. The van der Waals surface area contributed by atoms with Gasteiger partial charge in [0, 0.05) is 35.3 Å². The van der Waals surface area contributed by atoms with Gasteiger partial charge in [-0.1, -0.05) is 54.2 Å². The Bertz CT molecular complexity index is 1630. The molecule has 8 nitrogen and oxygen atoms in total. The minimum atomic E-state index is -4.78. The van der Waals surface area contributed by atoms with Crippen LogP contribution in [0, 0.1) is 13.8 Å². The van der Waals surface area contributed by atoms with E-state index in [0.29, 0.717) is 22.2 Å². The fourth-order valence-corrected chi connectivity index (χ4v) is 5.30. The molecular formula is C29H24F4N6O2S. The molecule has 0 unspecified atom stereocenters. The molecule has 0 atom stereocenters. The van der Waals surface area contributed by atoms with Crippen LogP contribution in [0.25, 0.3) is 22.9 Å². The highest BCUT2D eigenvalue weighted by atomic mass is 32.2. The Hall–Kier alpha value is -4.65. The first kappa shape index (κ1) is 28.9. The number of hydrogen-bond donors (Lipinski definition) is 1. The van der Waals surface area contributed by atoms with Crippen LogP contribution in [0.3, 0.4) is 0 Å². The maximum Gasteiger partial charge on any atom is 0.573 e. The highest BCUT2D eigenvalue weighted by Gasteiger charge is 2.31. The van der Waals surface area contributed by atoms with E-state index >= 15 is 0 Å². The Morgan fingerprint density at radius 3 is 2.40 bits per heavy atom. The molecule has 0 spiro atoms. The standard InChI is InChI=1S/C29H24F4N6O2S/c1-18-4-3-5-19(2)25(18)38-14-15-42-28(38)36-27(40)34-16-24(30)20-6-8-21(9-7-20)26-35-17-39(37-26)22-10-12-23(13-11-22)41-29(31,32)33/h3-13,16-17H,14-15H2,1-2H3,(H,34,40)/b24-16-,36-28-. The second kappa shape index (κ2) is 12.1. The van der Waals surface area contributed by atoms with Crippen molar-refractivity contribution in [2.75, 3.05) is 17.2 Å². The predicted octanol–water partition coefficient (Wildman–Crippen LogP) is 7.04. The van der Waals surface area contributed by atoms with Gasteiger partial charge in [-0.25, -0.2) is 18.9 Å². The molecule has 42 heavy (non-hydrogen) atoms. The zero-order valence-corrected chi connectivity index (χ0v) is 23.2. The number of hydrogen-bond acceptors (Lipinski definition) is 5. The molecule has 1 saturated heterocycles. The molecule has 216 valence electrons. The van der Waals surface area contributed by atoms with Crippen molar-refractivity contribution in [2.24, 2.45) is 4.99 Å². The summed E-state index contributed by atoms with van der Waals surface area (Å²) in [5, 5.41) is 7.28. The summed E-state index contributed by atoms with van der Waals surface area (Å²) in [4.78, 5) is 22.9. The van der Waals surface area contributed by atoms with Crippen LogP contribution < -0.4 is 15.0 Å². The van der Waals surface area contributed by atoms with Gasteiger partial charge < -0.3 is 15.0 Å². The number of ether oxygens (including phenoxy) is 1. The molecule has 1 aromatic heterocycles. The van der Waals surface area contributed by atoms with Crippen LogP contribution in [0.2, 0.25) is 0 Å². The summed E-state index contributed by atoms with van der Waals surface area (Å²) in [5.41, 5.74) is 4.46. The number of benzene rings is 3. The summed E-state index contributed by atoms with van der Waals surface area (Å²) in [6, 6.07) is 16.7. The topological polar surface area (TPSA) is 84.6 Å². The van der Waals surface area contributed by atoms with Crippen LogP contribution in [0.1, 0.15) is 16.7 Å². The van der Waals surface area contributed by atoms with Crippen molar-refractivity contribution in [3.05, 3.63) is 95.9 Å². The minimum absolute atomic E-state index is 0.221. The average Bonchev–Trinajstić information content (AvgIpc) is 3.62. The first-order valence-electron chi connectivity index (χ1n) is 12.7. The van der Waals surface area contributed by atoms with Gasteiger partial charge in [0.2, 0.25) is 0 Å². The van der Waals surface area contributed by atoms with Crippen molar-refractivity contribution < 1.29 is 27.1 Å². The van der Waals surface area contributed by atoms with E-state index in [0.717, 1.165) is 35.3 Å². The van der Waals surface area contributed by atoms with Gasteiger partial charge in [-0.3, -0.25) is 0 Å². The number of alkyl halides is 3. The lowest BCUT2D eigenvalue weighted by Crippen LogP contribution is -2.27. The van der Waals surface area contributed by atoms with E-state index in [9.17, 15) is 22.4 Å². The van der Waals surface area contributed by atoms with Crippen LogP contribution in [0.4, 0.5) is 28.0 Å². The normalized spacial score (nSPS) is 14.9. The summed E-state index contributed by atoms with van der Waals surface area (Å²) < 4.78 is 57.2. The fourth-order valence-electron chi connectivity index (χ4n) is 4.36. The number of amidine groups is 1. The lowest BCUT2D eigenvalue weighted by atomic mass is 10.1. The van der Waals surface area contributed by atoms with Gasteiger partial charge in [0.1, 0.15) is 17.9 Å². The molecule has 0 bridgehead atoms. The Morgan fingerprint density at radius 2 is 1.74 bits per heavy atom. The van der Waals surface area contributed by atoms with Crippen LogP contribution >= 0.6 is 11.8 Å². The van der Waals surface area contributed by atoms with Gasteiger partial charge in [-0.15, -0.1) is 18.3 Å². The highest BCUT2D eigenvalue weighted by Crippen LogP contribution is 2.31. The van der Waals surface area contributed by atoms with Gasteiger partial charge in [0.05, 0.1) is 5.69 Å². The molecular weight excluding hydrogens is 572 g/mol. The Balaban J connectivity index is 1.22. The summed E-state index contributed by atoms with van der Waals surface area (Å²) in [7, 11) is 0. The molecule has 1 aliphatic rings. The number of aromatic nitrogens is 3. The van der Waals surface area contributed by atoms with Gasteiger partial charge >= 0.3 is 12.4 Å². The molecule has 2 amide bonds. The average molecular weight is 597 g/mol. The third kappa shape index (κ3) is 6.79. The van der Waals surface area contributed by atoms with Crippen LogP contribution in [0.5, 0.6) is 5.75 Å². The predicted molar refractivity (Wildman–Crippen MR) is 154 cm³/mol. The zero-order chi connectivity index (χ0) is 29.9. The Labute approximate surface area is 242 Å². The molecule has 2 heterocycles. The molecule has 0 aliphatic carbocycles. The monoisotopic (exact) mass is 596 g/mol. The summed E-state index contributed by atoms with van der Waals surface area (Å²) in [6.45, 7) is 4.73. The van der Waals surface area contributed by atoms with Crippen molar-refractivity contribution in [3.63, 3.8) is 0 Å². The number of halogens is 4. The third-order valence-corrected chi connectivity index (χ3v) is 7.21. The quantitative estimate of drug-likeness (QED) is 0.241. The van der Waals surface area contributed by atoms with E-state index in [1.54, 1.807) is 12.1 Å². The molecule has 0 radical (unpaired) electrons. The largest absolute Gasteiger partial charge is 0.573 e. The van der Waals surface area contributed by atoms with Crippen molar-refractivity contribution in [1.29, 1.82) is 0 Å². The lowest BCUT2D eigenvalue weighted by molar-refractivity contribution is -0.274. The second-order valence-electron chi connectivity index (χ2n) is 9.21. The summed E-state index contributed by atoms with van der Waals surface area (Å²) in [6.07, 6.45) is -2.41. The molecule has 0 saturated carbocycles. The fraction of sp³-hybridized carbons (Fsp3) is 0.172. The number of urea groups is 1. The van der Waals surface area contributed by atoms with Crippen molar-refractivity contribution in [3.8, 4) is 22.8 Å². The molecule has 4 aromatic rings. The Morgan fingerprint density at radius 1 is 1.05 bits per heavy atom. The first-order valence-corrected chi connectivity index (χ1v) is 13.7.